The molecule has 2 fully saturated rings. The molecule has 3 aromatic rings. The van der Waals surface area contributed by atoms with Crippen LogP contribution in [0.1, 0.15) is 17.7 Å². The molecule has 1 aliphatic carbocycles. The first-order valence-corrected chi connectivity index (χ1v) is 13.9. The van der Waals surface area contributed by atoms with E-state index < -0.39 is 10.0 Å². The Morgan fingerprint density at radius 3 is 2.64 bits per heavy atom. The Hall–Kier alpha value is -2.27. The number of hydrogen-bond donors (Lipinski definition) is 1. The molecule has 0 unspecified atom stereocenters. The number of piperazine rings is 1. The fourth-order valence-electron chi connectivity index (χ4n) is 4.29. The largest absolute Gasteiger partial charge is 0.370 e. The lowest BCUT2D eigenvalue weighted by molar-refractivity contribution is 0.183. The standard InChI is InChI=1S/C23H29N5O3S2/c1-26-15-20(17-5-6-24-21(11-17)25-13-16-3-4-16)22-19(23(26)29)12-18(32-22)14-27-7-9-28(10-8-27)33(2,30)31/h5-6,11-12,15-16H,3-4,7-10,13-14H2,1-2H3,(H,24,25). The number of hydrogen-bond acceptors (Lipinski definition) is 7. The molecule has 0 aromatic carbocycles. The van der Waals surface area contributed by atoms with Crippen LogP contribution in [0.15, 0.2) is 35.4 Å². The molecule has 0 spiro atoms. The van der Waals surface area contributed by atoms with Crippen molar-refractivity contribution in [1.29, 1.82) is 0 Å². The van der Waals surface area contributed by atoms with Crippen LogP contribution in [0.25, 0.3) is 21.2 Å². The van der Waals surface area contributed by atoms with Crippen molar-refractivity contribution in [3.05, 3.63) is 45.8 Å². The number of sulfonamides is 1. The maximum atomic E-state index is 12.9. The Balaban J connectivity index is 1.41. The van der Waals surface area contributed by atoms with E-state index in [0.29, 0.717) is 32.7 Å². The van der Waals surface area contributed by atoms with Gasteiger partial charge in [0.25, 0.3) is 5.56 Å². The Morgan fingerprint density at radius 1 is 1.18 bits per heavy atom. The smallest absolute Gasteiger partial charge is 0.259 e. The van der Waals surface area contributed by atoms with Gasteiger partial charge in [0.1, 0.15) is 5.82 Å². The summed E-state index contributed by atoms with van der Waals surface area (Å²) in [7, 11) is -1.35. The first-order chi connectivity index (χ1) is 15.8. The van der Waals surface area contributed by atoms with Crippen LogP contribution in [0.3, 0.4) is 0 Å². The van der Waals surface area contributed by atoms with E-state index in [9.17, 15) is 13.2 Å². The number of pyridine rings is 2. The number of thiophene rings is 1. The normalized spacial score (nSPS) is 18.1. The van der Waals surface area contributed by atoms with Crippen molar-refractivity contribution in [1.82, 2.24) is 18.8 Å². The molecule has 5 rings (SSSR count). The number of nitrogens with one attached hydrogen (secondary N) is 1. The Bertz CT molecular complexity index is 1340. The number of rotatable bonds is 7. The van der Waals surface area contributed by atoms with Crippen LogP contribution >= 0.6 is 11.3 Å². The van der Waals surface area contributed by atoms with Crippen LogP contribution in [-0.4, -0.2) is 66.2 Å². The van der Waals surface area contributed by atoms with Crippen molar-refractivity contribution in [3.8, 4) is 11.1 Å². The number of fused-ring (bicyclic) bond motifs is 1. The summed E-state index contributed by atoms with van der Waals surface area (Å²) in [5.74, 6) is 1.63. The van der Waals surface area contributed by atoms with Gasteiger partial charge in [-0.3, -0.25) is 9.69 Å². The zero-order valence-electron chi connectivity index (χ0n) is 19.0. The van der Waals surface area contributed by atoms with E-state index in [1.54, 1.807) is 23.0 Å². The van der Waals surface area contributed by atoms with Gasteiger partial charge in [-0.15, -0.1) is 11.3 Å². The fourth-order valence-corrected chi connectivity index (χ4v) is 6.34. The van der Waals surface area contributed by atoms with Gasteiger partial charge in [-0.2, -0.15) is 4.31 Å². The molecular weight excluding hydrogens is 458 g/mol. The maximum Gasteiger partial charge on any atom is 0.259 e. The van der Waals surface area contributed by atoms with Crippen molar-refractivity contribution in [3.63, 3.8) is 0 Å². The Morgan fingerprint density at radius 2 is 1.94 bits per heavy atom. The number of aryl methyl sites for hydroxylation is 1. The second-order valence-electron chi connectivity index (χ2n) is 9.11. The zero-order valence-corrected chi connectivity index (χ0v) is 20.6. The Labute approximate surface area is 197 Å². The molecule has 0 radical (unpaired) electrons. The highest BCUT2D eigenvalue weighted by Gasteiger charge is 2.24. The number of aromatic nitrogens is 2. The van der Waals surface area contributed by atoms with Crippen LogP contribution in [0, 0.1) is 5.92 Å². The van der Waals surface area contributed by atoms with Crippen molar-refractivity contribution in [2.45, 2.75) is 19.4 Å². The van der Waals surface area contributed by atoms with Gasteiger partial charge in [-0.25, -0.2) is 13.4 Å². The summed E-state index contributed by atoms with van der Waals surface area (Å²) in [5.41, 5.74) is 2.07. The third-order valence-corrected chi connectivity index (χ3v) is 8.88. The molecular formula is C23H29N5O3S2. The number of nitrogens with zero attached hydrogens (tertiary/aromatic N) is 4. The van der Waals surface area contributed by atoms with E-state index >= 15 is 0 Å². The van der Waals surface area contributed by atoms with Gasteiger partial charge < -0.3 is 9.88 Å². The van der Waals surface area contributed by atoms with Crippen molar-refractivity contribution >= 4 is 37.3 Å². The minimum absolute atomic E-state index is 0.000663. The predicted molar refractivity (Wildman–Crippen MR) is 133 cm³/mol. The molecule has 2 aliphatic rings. The molecule has 0 atom stereocenters. The van der Waals surface area contributed by atoms with E-state index in [2.05, 4.69) is 21.3 Å². The average molecular weight is 488 g/mol. The zero-order chi connectivity index (χ0) is 23.2. The van der Waals surface area contributed by atoms with E-state index in [4.69, 9.17) is 0 Å². The molecule has 0 amide bonds. The lowest BCUT2D eigenvalue weighted by Gasteiger charge is -2.32. The lowest BCUT2D eigenvalue weighted by atomic mass is 10.1. The van der Waals surface area contributed by atoms with E-state index in [-0.39, 0.29) is 5.56 Å². The van der Waals surface area contributed by atoms with Gasteiger partial charge in [-0.1, -0.05) is 0 Å². The monoisotopic (exact) mass is 487 g/mol. The van der Waals surface area contributed by atoms with Gasteiger partial charge in [0, 0.05) is 73.9 Å². The second kappa shape index (κ2) is 8.83. The summed E-state index contributed by atoms with van der Waals surface area (Å²) in [6.07, 6.45) is 7.57. The highest BCUT2D eigenvalue weighted by atomic mass is 32.2. The van der Waals surface area contributed by atoms with Crippen LogP contribution in [-0.2, 0) is 23.6 Å². The molecule has 4 heterocycles. The maximum absolute atomic E-state index is 12.9. The van der Waals surface area contributed by atoms with Crippen LogP contribution in [0.2, 0.25) is 0 Å². The number of anilines is 1. The Kier molecular flexibility index (Phi) is 6.02. The second-order valence-corrected chi connectivity index (χ2v) is 12.2. The summed E-state index contributed by atoms with van der Waals surface area (Å²) in [4.78, 5) is 20.7. The third-order valence-electron chi connectivity index (χ3n) is 6.42. The molecule has 1 aliphatic heterocycles. The van der Waals surface area contributed by atoms with Gasteiger partial charge in [0.15, 0.2) is 0 Å². The summed E-state index contributed by atoms with van der Waals surface area (Å²) < 4.78 is 27.7. The average Bonchev–Trinajstić information content (AvgIpc) is 3.53. The summed E-state index contributed by atoms with van der Waals surface area (Å²) in [5, 5.41) is 4.17. The fraction of sp³-hybridized carbons (Fsp3) is 0.478. The first kappa shape index (κ1) is 22.5. The van der Waals surface area contributed by atoms with Gasteiger partial charge in [0.2, 0.25) is 10.0 Å². The lowest BCUT2D eigenvalue weighted by Crippen LogP contribution is -2.47. The highest BCUT2D eigenvalue weighted by Crippen LogP contribution is 2.35. The highest BCUT2D eigenvalue weighted by molar-refractivity contribution is 7.88. The molecule has 33 heavy (non-hydrogen) atoms. The topological polar surface area (TPSA) is 87.5 Å². The third kappa shape index (κ3) is 4.98. The predicted octanol–water partition coefficient (Wildman–Crippen LogP) is 2.56. The van der Waals surface area contributed by atoms with Crippen molar-refractivity contribution in [2.24, 2.45) is 13.0 Å². The molecule has 1 N–H and O–H groups in total. The molecule has 3 aromatic heterocycles. The van der Waals surface area contributed by atoms with Crippen molar-refractivity contribution < 1.29 is 8.42 Å². The molecule has 1 saturated heterocycles. The minimum atomic E-state index is -3.14. The molecule has 0 bridgehead atoms. The minimum Gasteiger partial charge on any atom is -0.370 e. The van der Waals surface area contributed by atoms with Gasteiger partial charge in [0.05, 0.1) is 11.6 Å². The first-order valence-electron chi connectivity index (χ1n) is 11.3. The summed E-state index contributed by atoms with van der Waals surface area (Å²) in [6, 6.07) is 6.05. The van der Waals surface area contributed by atoms with Gasteiger partial charge in [-0.05, 0) is 42.5 Å². The molecule has 1 saturated carbocycles. The van der Waals surface area contributed by atoms with E-state index in [1.165, 1.54) is 23.4 Å². The quantitative estimate of drug-likeness (QED) is 0.551. The van der Waals surface area contributed by atoms with E-state index in [0.717, 1.165) is 44.4 Å². The van der Waals surface area contributed by atoms with Crippen LogP contribution in [0.5, 0.6) is 0 Å². The van der Waals surface area contributed by atoms with Crippen LogP contribution in [0.4, 0.5) is 5.82 Å². The summed E-state index contributed by atoms with van der Waals surface area (Å²) in [6.45, 7) is 4.05. The summed E-state index contributed by atoms with van der Waals surface area (Å²) >= 11 is 1.65. The van der Waals surface area contributed by atoms with E-state index in [1.807, 2.05) is 24.5 Å². The molecule has 8 nitrogen and oxygen atoms in total. The van der Waals surface area contributed by atoms with Gasteiger partial charge >= 0.3 is 0 Å². The van der Waals surface area contributed by atoms with Crippen LogP contribution < -0.4 is 10.9 Å². The molecule has 10 heteroatoms. The SMILES string of the molecule is Cn1cc(-c2ccnc(NCC3CC3)c2)c2sc(CN3CCN(S(C)(=O)=O)CC3)cc2c1=O. The molecule has 176 valence electrons. The van der Waals surface area contributed by atoms with Crippen molar-refractivity contribution in [2.75, 3.05) is 44.3 Å².